The molecule has 0 atom stereocenters. The second kappa shape index (κ2) is 11.9. The van der Waals surface area contributed by atoms with Gasteiger partial charge < -0.3 is 10.6 Å². The van der Waals surface area contributed by atoms with Crippen LogP contribution in [0, 0.1) is 5.92 Å². The summed E-state index contributed by atoms with van der Waals surface area (Å²) in [6.07, 6.45) is 9.78. The maximum absolute atomic E-state index is 11.5. The molecule has 2 N–H and O–H groups in total. The van der Waals surface area contributed by atoms with Crippen LogP contribution in [0.15, 0.2) is 34.2 Å². The summed E-state index contributed by atoms with van der Waals surface area (Å²) in [4.78, 5) is 4.70. The lowest BCUT2D eigenvalue weighted by Gasteiger charge is -2.30. The molecule has 1 saturated carbocycles. The van der Waals surface area contributed by atoms with Crippen LogP contribution >= 0.6 is 24.0 Å². The van der Waals surface area contributed by atoms with Crippen LogP contribution in [0.3, 0.4) is 0 Å². The second-order valence-electron chi connectivity index (χ2n) is 7.32. The van der Waals surface area contributed by atoms with Crippen LogP contribution in [-0.2, 0) is 16.3 Å². The summed E-state index contributed by atoms with van der Waals surface area (Å²) in [6.45, 7) is 3.04. The molecule has 154 valence electrons. The van der Waals surface area contributed by atoms with E-state index in [9.17, 15) is 8.42 Å². The highest BCUT2D eigenvalue weighted by atomic mass is 127. The average molecular weight is 507 g/mol. The predicted octanol–water partition coefficient (Wildman–Crippen LogP) is 3.77. The number of benzene rings is 1. The summed E-state index contributed by atoms with van der Waals surface area (Å²) < 4.78 is 23.0. The van der Waals surface area contributed by atoms with Crippen molar-refractivity contribution in [2.45, 2.75) is 62.8 Å². The van der Waals surface area contributed by atoms with Crippen molar-refractivity contribution in [3.8, 4) is 0 Å². The summed E-state index contributed by atoms with van der Waals surface area (Å²) in [5, 5.41) is 6.91. The van der Waals surface area contributed by atoms with E-state index in [-0.39, 0.29) is 24.0 Å². The van der Waals surface area contributed by atoms with Crippen LogP contribution in [0.25, 0.3) is 0 Å². The number of aliphatic imine (C=N–C) groups is 1. The molecule has 0 amide bonds. The highest BCUT2D eigenvalue weighted by Crippen LogP contribution is 2.27. The van der Waals surface area contributed by atoms with Crippen LogP contribution < -0.4 is 10.6 Å². The second-order valence-corrected chi connectivity index (χ2v) is 9.33. The number of nitrogens with zero attached hydrogens (tertiary/aromatic N) is 1. The Bertz CT molecular complexity index is 682. The topological polar surface area (TPSA) is 70.6 Å². The first-order chi connectivity index (χ1) is 12.4. The number of hydrogen-bond acceptors (Lipinski definition) is 3. The van der Waals surface area contributed by atoms with Crippen molar-refractivity contribution in [3.63, 3.8) is 0 Å². The molecule has 1 fully saturated rings. The molecule has 1 aromatic rings. The monoisotopic (exact) mass is 507 g/mol. The van der Waals surface area contributed by atoms with Gasteiger partial charge in [0.25, 0.3) is 0 Å². The van der Waals surface area contributed by atoms with Crippen LogP contribution in [0.5, 0.6) is 0 Å². The van der Waals surface area contributed by atoms with Crippen molar-refractivity contribution in [1.29, 1.82) is 0 Å². The summed E-state index contributed by atoms with van der Waals surface area (Å²) in [6, 6.07) is 7.62. The van der Waals surface area contributed by atoms with Gasteiger partial charge in [-0.15, -0.1) is 24.0 Å². The SMILES string of the molecule is CCCC1CCC(NC(=NC)NCCc2ccc(S(C)(=O)=O)cc2)CC1.I. The fraction of sp³-hybridized carbons (Fsp3) is 0.650. The van der Waals surface area contributed by atoms with Gasteiger partial charge in [-0.05, 0) is 55.7 Å². The average Bonchev–Trinajstić information content (AvgIpc) is 2.62. The summed E-state index contributed by atoms with van der Waals surface area (Å²) >= 11 is 0. The van der Waals surface area contributed by atoms with E-state index in [1.807, 2.05) is 12.1 Å². The maximum Gasteiger partial charge on any atom is 0.191 e. The lowest BCUT2D eigenvalue weighted by atomic mass is 9.83. The summed E-state index contributed by atoms with van der Waals surface area (Å²) in [5.41, 5.74) is 1.11. The lowest BCUT2D eigenvalue weighted by molar-refractivity contribution is 0.295. The van der Waals surface area contributed by atoms with Gasteiger partial charge >= 0.3 is 0 Å². The molecule has 7 heteroatoms. The van der Waals surface area contributed by atoms with Crippen molar-refractivity contribution in [1.82, 2.24) is 10.6 Å². The molecule has 5 nitrogen and oxygen atoms in total. The van der Waals surface area contributed by atoms with E-state index in [1.54, 1.807) is 19.2 Å². The molecule has 1 aliphatic rings. The van der Waals surface area contributed by atoms with Gasteiger partial charge in [0.05, 0.1) is 4.90 Å². The molecule has 0 unspecified atom stereocenters. The highest BCUT2D eigenvalue weighted by molar-refractivity contribution is 14.0. The molecule has 0 aromatic heterocycles. The summed E-state index contributed by atoms with van der Waals surface area (Å²) in [5.74, 6) is 1.76. The Morgan fingerprint density at radius 2 is 1.78 bits per heavy atom. The largest absolute Gasteiger partial charge is 0.356 e. The predicted molar refractivity (Wildman–Crippen MR) is 124 cm³/mol. The number of sulfone groups is 1. The number of halogens is 1. The molecular weight excluding hydrogens is 473 g/mol. The zero-order valence-electron chi connectivity index (χ0n) is 16.7. The first kappa shape index (κ1) is 24.2. The van der Waals surface area contributed by atoms with E-state index < -0.39 is 9.84 Å². The van der Waals surface area contributed by atoms with Gasteiger partial charge in [-0.3, -0.25) is 4.99 Å². The number of guanidine groups is 1. The molecular formula is C20H34IN3O2S. The first-order valence-electron chi connectivity index (χ1n) is 9.68. The van der Waals surface area contributed by atoms with E-state index >= 15 is 0 Å². The third-order valence-electron chi connectivity index (χ3n) is 5.17. The third-order valence-corrected chi connectivity index (χ3v) is 6.29. The normalized spacial score (nSPS) is 20.6. The van der Waals surface area contributed by atoms with Gasteiger partial charge in [0.15, 0.2) is 15.8 Å². The Morgan fingerprint density at radius 3 is 2.30 bits per heavy atom. The molecule has 0 radical (unpaired) electrons. The van der Waals surface area contributed by atoms with Crippen LogP contribution in [0.4, 0.5) is 0 Å². The minimum atomic E-state index is -3.13. The van der Waals surface area contributed by atoms with E-state index in [0.717, 1.165) is 30.4 Å². The molecule has 0 aliphatic heterocycles. The fourth-order valence-corrected chi connectivity index (χ4v) is 4.25. The van der Waals surface area contributed by atoms with Crippen LogP contribution in [0.2, 0.25) is 0 Å². The van der Waals surface area contributed by atoms with Gasteiger partial charge in [0, 0.05) is 25.9 Å². The Labute approximate surface area is 181 Å². The minimum absolute atomic E-state index is 0. The molecule has 2 rings (SSSR count). The van der Waals surface area contributed by atoms with Crippen LogP contribution in [-0.4, -0.2) is 40.3 Å². The van der Waals surface area contributed by atoms with Crippen molar-refractivity contribution >= 4 is 39.8 Å². The standard InChI is InChI=1S/C20H33N3O2S.HI/c1-4-5-16-6-10-18(11-7-16)23-20(21-2)22-15-14-17-8-12-19(13-9-17)26(3,24)25;/h8-9,12-13,16,18H,4-7,10-11,14-15H2,1-3H3,(H2,21,22,23);1H. The quantitative estimate of drug-likeness (QED) is 0.335. The smallest absolute Gasteiger partial charge is 0.191 e. The van der Waals surface area contributed by atoms with Gasteiger partial charge in [-0.25, -0.2) is 8.42 Å². The molecule has 0 heterocycles. The van der Waals surface area contributed by atoms with Gasteiger partial charge in [0.2, 0.25) is 0 Å². The zero-order chi connectivity index (χ0) is 19.0. The van der Waals surface area contributed by atoms with Crippen molar-refractivity contribution in [3.05, 3.63) is 29.8 Å². The van der Waals surface area contributed by atoms with Gasteiger partial charge in [0.1, 0.15) is 0 Å². The first-order valence-corrected chi connectivity index (χ1v) is 11.6. The Morgan fingerprint density at radius 1 is 1.15 bits per heavy atom. The van der Waals surface area contributed by atoms with Crippen molar-refractivity contribution in [2.75, 3.05) is 19.8 Å². The molecule has 0 saturated heterocycles. The molecule has 0 spiro atoms. The Balaban J connectivity index is 0.00000364. The zero-order valence-corrected chi connectivity index (χ0v) is 19.8. The van der Waals surface area contributed by atoms with Gasteiger partial charge in [-0.1, -0.05) is 31.9 Å². The van der Waals surface area contributed by atoms with E-state index in [0.29, 0.717) is 10.9 Å². The lowest BCUT2D eigenvalue weighted by Crippen LogP contribution is -2.45. The fourth-order valence-electron chi connectivity index (χ4n) is 3.62. The Kier molecular flexibility index (Phi) is 10.7. The van der Waals surface area contributed by atoms with Gasteiger partial charge in [-0.2, -0.15) is 0 Å². The summed E-state index contributed by atoms with van der Waals surface area (Å²) in [7, 11) is -1.32. The highest BCUT2D eigenvalue weighted by Gasteiger charge is 2.21. The molecule has 1 aliphatic carbocycles. The third kappa shape index (κ3) is 8.37. The number of rotatable bonds is 7. The molecule has 1 aromatic carbocycles. The number of hydrogen-bond donors (Lipinski definition) is 2. The van der Waals surface area contributed by atoms with Crippen molar-refractivity contribution in [2.24, 2.45) is 10.9 Å². The van der Waals surface area contributed by atoms with E-state index in [4.69, 9.17) is 0 Å². The maximum atomic E-state index is 11.5. The molecule has 27 heavy (non-hydrogen) atoms. The number of nitrogens with one attached hydrogen (secondary N) is 2. The minimum Gasteiger partial charge on any atom is -0.356 e. The van der Waals surface area contributed by atoms with E-state index in [1.165, 1.54) is 44.8 Å². The Hall–Kier alpha value is -0.830. The van der Waals surface area contributed by atoms with E-state index in [2.05, 4.69) is 22.5 Å². The van der Waals surface area contributed by atoms with Crippen molar-refractivity contribution < 1.29 is 8.42 Å². The van der Waals surface area contributed by atoms with Crippen LogP contribution in [0.1, 0.15) is 51.0 Å². The molecule has 0 bridgehead atoms.